The molecule has 1 aromatic rings. The van der Waals surface area contributed by atoms with Gasteiger partial charge in [-0.2, -0.15) is 0 Å². The number of nitrogens with zero attached hydrogens (tertiary/aromatic N) is 2. The van der Waals surface area contributed by atoms with Gasteiger partial charge in [-0.15, -0.1) is 0 Å². The minimum absolute atomic E-state index is 0.266. The maximum atomic E-state index is 11.6. The summed E-state index contributed by atoms with van der Waals surface area (Å²) in [5, 5.41) is 11.7. The maximum Gasteiger partial charge on any atom is 0.410 e. The molecule has 1 heterocycles. The summed E-state index contributed by atoms with van der Waals surface area (Å²) in [5.74, 6) is 0. The van der Waals surface area contributed by atoms with Crippen LogP contribution >= 0.6 is 0 Å². The first kappa shape index (κ1) is 11.4. The highest BCUT2D eigenvalue weighted by molar-refractivity contribution is 5.91. The molecule has 0 atom stereocenters. The second-order valence-electron chi connectivity index (χ2n) is 3.88. The van der Waals surface area contributed by atoms with Crippen molar-refractivity contribution < 1.29 is 14.7 Å². The van der Waals surface area contributed by atoms with E-state index in [-0.39, 0.29) is 12.7 Å². The van der Waals surface area contributed by atoms with Gasteiger partial charge in [-0.3, -0.25) is 0 Å². The van der Waals surface area contributed by atoms with Crippen molar-refractivity contribution in [3.8, 4) is 0 Å². The van der Waals surface area contributed by atoms with E-state index in [0.717, 1.165) is 5.56 Å². The molecule has 1 amide bonds. The summed E-state index contributed by atoms with van der Waals surface area (Å²) in [7, 11) is 0. The Balaban J connectivity index is 1.82. The van der Waals surface area contributed by atoms with E-state index in [1.54, 1.807) is 0 Å². The van der Waals surface area contributed by atoms with Crippen LogP contribution in [0.25, 0.3) is 0 Å². The van der Waals surface area contributed by atoms with Crippen LogP contribution in [-0.2, 0) is 11.3 Å². The zero-order valence-corrected chi connectivity index (χ0v) is 9.37. The normalized spacial score (nSPS) is 17.4. The molecule has 2 rings (SSSR count). The van der Waals surface area contributed by atoms with E-state index >= 15 is 0 Å². The Bertz CT molecular complexity index is 417. The van der Waals surface area contributed by atoms with Crippen LogP contribution in [-0.4, -0.2) is 35.0 Å². The third kappa shape index (κ3) is 2.96. The monoisotopic (exact) mass is 234 g/mol. The Hall–Kier alpha value is -2.04. The molecule has 1 saturated heterocycles. The quantitative estimate of drug-likeness (QED) is 0.627. The SMILES string of the molecule is O=C(OCc1ccccc1)N1CCC(=NO)C1. The van der Waals surface area contributed by atoms with Crippen LogP contribution in [0.5, 0.6) is 0 Å². The fourth-order valence-electron chi connectivity index (χ4n) is 1.69. The summed E-state index contributed by atoms with van der Waals surface area (Å²) >= 11 is 0. The van der Waals surface area contributed by atoms with Gasteiger partial charge in [0.05, 0.1) is 12.3 Å². The molecule has 1 aliphatic rings. The van der Waals surface area contributed by atoms with Crippen LogP contribution in [0.15, 0.2) is 35.5 Å². The molecule has 1 aliphatic heterocycles. The summed E-state index contributed by atoms with van der Waals surface area (Å²) in [6, 6.07) is 9.51. The van der Waals surface area contributed by atoms with Gasteiger partial charge >= 0.3 is 6.09 Å². The average molecular weight is 234 g/mol. The van der Waals surface area contributed by atoms with Crippen LogP contribution in [0.2, 0.25) is 0 Å². The van der Waals surface area contributed by atoms with Gasteiger partial charge in [-0.25, -0.2) is 4.79 Å². The first-order chi connectivity index (χ1) is 8.29. The van der Waals surface area contributed by atoms with Gasteiger partial charge in [-0.1, -0.05) is 35.5 Å². The number of carbonyl (C=O) groups excluding carboxylic acids is 1. The molecule has 5 nitrogen and oxygen atoms in total. The second kappa shape index (κ2) is 5.34. The number of hydrogen-bond donors (Lipinski definition) is 1. The molecule has 0 spiro atoms. The lowest BCUT2D eigenvalue weighted by Crippen LogP contribution is -2.29. The van der Waals surface area contributed by atoms with Crippen molar-refractivity contribution in [2.45, 2.75) is 13.0 Å². The van der Waals surface area contributed by atoms with Crippen molar-refractivity contribution in [2.24, 2.45) is 5.16 Å². The average Bonchev–Trinajstić information content (AvgIpc) is 2.86. The van der Waals surface area contributed by atoms with Gasteiger partial charge in [0, 0.05) is 13.0 Å². The number of amides is 1. The first-order valence-corrected chi connectivity index (χ1v) is 5.45. The molecular formula is C12H14N2O3. The van der Waals surface area contributed by atoms with E-state index < -0.39 is 0 Å². The fourth-order valence-corrected chi connectivity index (χ4v) is 1.69. The molecule has 1 N–H and O–H groups in total. The van der Waals surface area contributed by atoms with Gasteiger partial charge in [0.1, 0.15) is 6.61 Å². The molecular weight excluding hydrogens is 220 g/mol. The van der Waals surface area contributed by atoms with E-state index in [1.807, 2.05) is 30.3 Å². The van der Waals surface area contributed by atoms with Gasteiger partial charge < -0.3 is 14.8 Å². The van der Waals surface area contributed by atoms with E-state index in [2.05, 4.69) is 5.16 Å². The smallest absolute Gasteiger partial charge is 0.410 e. The summed E-state index contributed by atoms with van der Waals surface area (Å²) < 4.78 is 5.16. The van der Waals surface area contributed by atoms with E-state index in [9.17, 15) is 4.79 Å². The molecule has 1 fully saturated rings. The molecule has 0 aromatic heterocycles. The van der Waals surface area contributed by atoms with Crippen LogP contribution in [0.1, 0.15) is 12.0 Å². The Morgan fingerprint density at radius 2 is 2.18 bits per heavy atom. The summed E-state index contributed by atoms with van der Waals surface area (Å²) in [4.78, 5) is 13.2. The lowest BCUT2D eigenvalue weighted by atomic mass is 10.2. The minimum atomic E-state index is -0.368. The maximum absolute atomic E-state index is 11.6. The minimum Gasteiger partial charge on any atom is -0.445 e. The van der Waals surface area contributed by atoms with E-state index in [4.69, 9.17) is 9.94 Å². The Morgan fingerprint density at radius 1 is 1.41 bits per heavy atom. The fraction of sp³-hybridized carbons (Fsp3) is 0.333. The molecule has 0 saturated carbocycles. The van der Waals surface area contributed by atoms with Gasteiger partial charge in [0.25, 0.3) is 0 Å². The zero-order chi connectivity index (χ0) is 12.1. The van der Waals surface area contributed by atoms with E-state index in [0.29, 0.717) is 25.2 Å². The molecule has 90 valence electrons. The number of hydrogen-bond acceptors (Lipinski definition) is 4. The van der Waals surface area contributed by atoms with Crippen molar-refractivity contribution in [1.29, 1.82) is 0 Å². The van der Waals surface area contributed by atoms with Gasteiger partial charge in [-0.05, 0) is 5.56 Å². The Kier molecular flexibility index (Phi) is 3.59. The Morgan fingerprint density at radius 3 is 2.82 bits per heavy atom. The predicted molar refractivity (Wildman–Crippen MR) is 62.0 cm³/mol. The van der Waals surface area contributed by atoms with Crippen molar-refractivity contribution in [2.75, 3.05) is 13.1 Å². The third-order valence-electron chi connectivity index (χ3n) is 2.65. The molecule has 0 bridgehead atoms. The molecule has 5 heteroatoms. The number of rotatable bonds is 2. The largest absolute Gasteiger partial charge is 0.445 e. The predicted octanol–water partition coefficient (Wildman–Crippen LogP) is 1.86. The Labute approximate surface area is 99.3 Å². The standard InChI is InChI=1S/C12H14N2O3/c15-12(14-7-6-11(8-14)13-16)17-9-10-4-2-1-3-5-10/h1-5,16H,6-9H2. The molecule has 0 unspecified atom stereocenters. The topological polar surface area (TPSA) is 62.1 Å². The lowest BCUT2D eigenvalue weighted by Gasteiger charge is -2.14. The number of carbonyl (C=O) groups is 1. The highest BCUT2D eigenvalue weighted by Gasteiger charge is 2.24. The van der Waals surface area contributed by atoms with Crippen LogP contribution in [0, 0.1) is 0 Å². The highest BCUT2D eigenvalue weighted by atomic mass is 16.6. The lowest BCUT2D eigenvalue weighted by molar-refractivity contribution is 0.105. The van der Waals surface area contributed by atoms with Gasteiger partial charge in [0.2, 0.25) is 0 Å². The number of likely N-dealkylation sites (tertiary alicyclic amines) is 1. The molecule has 0 radical (unpaired) electrons. The first-order valence-electron chi connectivity index (χ1n) is 5.45. The number of benzene rings is 1. The number of ether oxygens (including phenoxy) is 1. The van der Waals surface area contributed by atoms with Crippen LogP contribution in [0.3, 0.4) is 0 Å². The summed E-state index contributed by atoms with van der Waals surface area (Å²) in [5.41, 5.74) is 1.57. The van der Waals surface area contributed by atoms with Crippen molar-refractivity contribution in [1.82, 2.24) is 4.90 Å². The van der Waals surface area contributed by atoms with Crippen molar-refractivity contribution in [3.63, 3.8) is 0 Å². The highest BCUT2D eigenvalue weighted by Crippen LogP contribution is 2.09. The second-order valence-corrected chi connectivity index (χ2v) is 3.88. The van der Waals surface area contributed by atoms with Crippen LogP contribution in [0.4, 0.5) is 4.79 Å². The van der Waals surface area contributed by atoms with Crippen molar-refractivity contribution in [3.05, 3.63) is 35.9 Å². The zero-order valence-electron chi connectivity index (χ0n) is 9.37. The molecule has 0 aliphatic carbocycles. The molecule has 17 heavy (non-hydrogen) atoms. The molecule has 1 aromatic carbocycles. The number of oxime groups is 1. The third-order valence-corrected chi connectivity index (χ3v) is 2.65. The summed E-state index contributed by atoms with van der Waals surface area (Å²) in [6.07, 6.45) is 0.240. The summed E-state index contributed by atoms with van der Waals surface area (Å²) in [6.45, 7) is 1.17. The van der Waals surface area contributed by atoms with Gasteiger partial charge in [0.15, 0.2) is 0 Å². The van der Waals surface area contributed by atoms with Crippen LogP contribution < -0.4 is 0 Å². The van der Waals surface area contributed by atoms with Crippen molar-refractivity contribution >= 4 is 11.8 Å². The van der Waals surface area contributed by atoms with E-state index in [1.165, 1.54) is 4.90 Å².